The van der Waals surface area contributed by atoms with Crippen LogP contribution in [-0.2, 0) is 18.9 Å². The number of esters is 1. The molecule has 0 saturated carbocycles. The van der Waals surface area contributed by atoms with E-state index in [0.29, 0.717) is 38.3 Å². The van der Waals surface area contributed by atoms with E-state index in [4.69, 9.17) is 18.9 Å². The van der Waals surface area contributed by atoms with Gasteiger partial charge in [0.25, 0.3) is 0 Å². The van der Waals surface area contributed by atoms with Crippen LogP contribution < -0.4 is 10.2 Å². The van der Waals surface area contributed by atoms with Gasteiger partial charge in [0.15, 0.2) is 0 Å². The molecular weight excluding hydrogens is 430 g/mol. The normalized spacial score (nSPS) is 19.6. The molecule has 0 aromatic heterocycles. The minimum Gasteiger partial charge on any atom is -0.444 e. The van der Waals surface area contributed by atoms with Crippen molar-refractivity contribution in [3.05, 3.63) is 29.8 Å². The highest BCUT2D eigenvalue weighted by Gasteiger charge is 2.31. The van der Waals surface area contributed by atoms with Crippen molar-refractivity contribution in [1.29, 1.82) is 0 Å². The molecule has 2 heterocycles. The van der Waals surface area contributed by atoms with E-state index in [2.05, 4.69) is 10.2 Å². The van der Waals surface area contributed by atoms with E-state index in [9.17, 15) is 14.4 Å². The summed E-state index contributed by atoms with van der Waals surface area (Å²) in [6, 6.07) is 6.88. The van der Waals surface area contributed by atoms with Gasteiger partial charge in [-0.15, -0.1) is 0 Å². The lowest BCUT2D eigenvalue weighted by Crippen LogP contribution is -2.41. The number of carbonyl (C=O) groups is 3. The summed E-state index contributed by atoms with van der Waals surface area (Å²) in [6.45, 7) is 10.5. The van der Waals surface area contributed by atoms with Crippen LogP contribution in [0.25, 0.3) is 0 Å². The molecule has 2 aliphatic heterocycles. The van der Waals surface area contributed by atoms with Crippen molar-refractivity contribution in [1.82, 2.24) is 10.2 Å². The molecule has 1 aromatic rings. The molecule has 3 rings (SSSR count). The number of ether oxygens (including phenoxy) is 4. The second kappa shape index (κ2) is 10.7. The largest absolute Gasteiger partial charge is 0.444 e. The first-order chi connectivity index (χ1) is 15.6. The number of alkyl carbamates (subject to hydrolysis) is 1. The summed E-state index contributed by atoms with van der Waals surface area (Å²) in [5.41, 5.74) is 0.791. The molecule has 2 amide bonds. The summed E-state index contributed by atoms with van der Waals surface area (Å²) in [5.74, 6) is -0.574. The Bertz CT molecular complexity index is 831. The monoisotopic (exact) mass is 463 g/mol. The molecule has 0 radical (unpaired) electrons. The lowest BCUT2D eigenvalue weighted by Gasteiger charge is -2.28. The first kappa shape index (κ1) is 24.6. The second-order valence-corrected chi connectivity index (χ2v) is 9.08. The number of hydrogen-bond acceptors (Lipinski definition) is 8. The fourth-order valence-electron chi connectivity index (χ4n) is 3.61. The van der Waals surface area contributed by atoms with Gasteiger partial charge < -0.3 is 34.1 Å². The lowest BCUT2D eigenvalue weighted by atomic mass is 10.2. The van der Waals surface area contributed by atoms with E-state index in [0.717, 1.165) is 18.8 Å². The van der Waals surface area contributed by atoms with E-state index >= 15 is 0 Å². The van der Waals surface area contributed by atoms with Crippen LogP contribution in [0.4, 0.5) is 15.3 Å². The lowest BCUT2D eigenvalue weighted by molar-refractivity contribution is -0.0681. The minimum absolute atomic E-state index is 0.227. The minimum atomic E-state index is -1.05. The average Bonchev–Trinajstić information content (AvgIpc) is 3.21. The second-order valence-electron chi connectivity index (χ2n) is 9.08. The van der Waals surface area contributed by atoms with Gasteiger partial charge in [-0.1, -0.05) is 0 Å². The molecule has 182 valence electrons. The molecule has 0 bridgehead atoms. The molecule has 2 fully saturated rings. The first-order valence-corrected chi connectivity index (χ1v) is 11.2. The van der Waals surface area contributed by atoms with Crippen LogP contribution >= 0.6 is 0 Å². The Hall–Kier alpha value is -3.01. The first-order valence-electron chi connectivity index (χ1n) is 11.2. The average molecular weight is 464 g/mol. The molecular formula is C23H33N3O7. The van der Waals surface area contributed by atoms with Crippen molar-refractivity contribution in [2.75, 3.05) is 44.3 Å². The van der Waals surface area contributed by atoms with Crippen LogP contribution in [0.3, 0.4) is 0 Å². The predicted octanol–water partition coefficient (Wildman–Crippen LogP) is 2.76. The molecule has 2 saturated heterocycles. The quantitative estimate of drug-likeness (QED) is 0.525. The highest BCUT2D eigenvalue weighted by molar-refractivity contribution is 5.90. The van der Waals surface area contributed by atoms with Crippen molar-refractivity contribution in [3.8, 4) is 0 Å². The number of rotatable bonds is 5. The summed E-state index contributed by atoms with van der Waals surface area (Å²) in [7, 11) is 0. The van der Waals surface area contributed by atoms with Gasteiger partial charge in [-0.25, -0.2) is 14.4 Å². The van der Waals surface area contributed by atoms with Crippen molar-refractivity contribution in [2.45, 2.75) is 52.0 Å². The number of nitrogens with one attached hydrogen (secondary N) is 1. The van der Waals surface area contributed by atoms with Gasteiger partial charge >= 0.3 is 18.2 Å². The topological polar surface area (TPSA) is 107 Å². The molecule has 33 heavy (non-hydrogen) atoms. The van der Waals surface area contributed by atoms with Gasteiger partial charge in [0.1, 0.15) is 5.60 Å². The number of carbonyl (C=O) groups excluding carboxylic acids is 3. The van der Waals surface area contributed by atoms with E-state index in [1.54, 1.807) is 32.9 Å². The van der Waals surface area contributed by atoms with Crippen LogP contribution in [0.15, 0.2) is 24.3 Å². The van der Waals surface area contributed by atoms with Gasteiger partial charge in [-0.2, -0.15) is 0 Å². The van der Waals surface area contributed by atoms with E-state index < -0.39 is 30.0 Å². The summed E-state index contributed by atoms with van der Waals surface area (Å²) in [4.78, 5) is 40.4. The molecule has 10 heteroatoms. The molecule has 1 aromatic carbocycles. The summed E-state index contributed by atoms with van der Waals surface area (Å²) < 4.78 is 21.1. The van der Waals surface area contributed by atoms with Crippen molar-refractivity contribution in [2.24, 2.45) is 0 Å². The van der Waals surface area contributed by atoms with Crippen molar-refractivity contribution in [3.63, 3.8) is 0 Å². The Morgan fingerprint density at radius 1 is 1.06 bits per heavy atom. The number of anilines is 1. The maximum atomic E-state index is 12.4. The molecule has 0 spiro atoms. The summed E-state index contributed by atoms with van der Waals surface area (Å²) >= 11 is 0. The highest BCUT2D eigenvalue weighted by atomic mass is 16.7. The Kier molecular flexibility index (Phi) is 8.01. The smallest absolute Gasteiger partial charge is 0.412 e. The maximum absolute atomic E-state index is 12.4. The zero-order valence-corrected chi connectivity index (χ0v) is 19.7. The van der Waals surface area contributed by atoms with Crippen LogP contribution in [0.1, 0.15) is 44.5 Å². The fourth-order valence-corrected chi connectivity index (χ4v) is 3.61. The molecule has 1 N–H and O–H groups in total. The Labute approximate surface area is 194 Å². The van der Waals surface area contributed by atoms with E-state index in [-0.39, 0.29) is 6.04 Å². The van der Waals surface area contributed by atoms with E-state index in [1.165, 1.54) is 11.8 Å². The fraction of sp³-hybridized carbons (Fsp3) is 0.609. The van der Waals surface area contributed by atoms with E-state index in [1.807, 2.05) is 12.1 Å². The Balaban J connectivity index is 1.42. The molecule has 0 aliphatic carbocycles. The molecule has 2 atom stereocenters. The number of benzene rings is 1. The molecule has 10 nitrogen and oxygen atoms in total. The third-order valence-electron chi connectivity index (χ3n) is 5.19. The number of hydrogen-bond donors (Lipinski definition) is 1. The Morgan fingerprint density at radius 2 is 1.73 bits per heavy atom. The number of morpholine rings is 1. The predicted molar refractivity (Wildman–Crippen MR) is 120 cm³/mol. The summed E-state index contributed by atoms with van der Waals surface area (Å²) in [6.07, 6.45) is -1.60. The zero-order chi connectivity index (χ0) is 24.0. The molecule has 1 unspecified atom stereocenters. The zero-order valence-electron chi connectivity index (χ0n) is 19.7. The number of likely N-dealkylation sites (tertiary alicyclic amines) is 1. The third-order valence-corrected chi connectivity index (χ3v) is 5.19. The number of nitrogens with zero attached hydrogens (tertiary/aromatic N) is 2. The van der Waals surface area contributed by atoms with Gasteiger partial charge in [0.05, 0.1) is 24.8 Å². The van der Waals surface area contributed by atoms with Crippen LogP contribution in [0, 0.1) is 0 Å². The molecule has 2 aliphatic rings. The standard InChI is InChI=1S/C23H33N3O7/c1-16(31-20(27)17-5-7-19(8-6-17)25-11-13-30-14-12-25)32-22(29)26-10-9-18(15-26)24-21(28)33-23(2,3)4/h5-8,16,18H,9-15H2,1-4H3,(H,24,28)/t16?,18-/m0/s1. The maximum Gasteiger partial charge on any atom is 0.412 e. The Morgan fingerprint density at radius 3 is 2.36 bits per heavy atom. The van der Waals surface area contributed by atoms with Gasteiger partial charge in [0, 0.05) is 38.8 Å². The summed E-state index contributed by atoms with van der Waals surface area (Å²) in [5, 5.41) is 2.75. The number of amides is 2. The van der Waals surface area contributed by atoms with Crippen molar-refractivity contribution < 1.29 is 33.3 Å². The van der Waals surface area contributed by atoms with Gasteiger partial charge in [0.2, 0.25) is 6.29 Å². The van der Waals surface area contributed by atoms with Gasteiger partial charge in [-0.3, -0.25) is 0 Å². The third kappa shape index (κ3) is 7.52. The van der Waals surface area contributed by atoms with Crippen LogP contribution in [0.2, 0.25) is 0 Å². The van der Waals surface area contributed by atoms with Crippen LogP contribution in [-0.4, -0.2) is 80.4 Å². The van der Waals surface area contributed by atoms with Gasteiger partial charge in [-0.05, 0) is 51.5 Å². The highest BCUT2D eigenvalue weighted by Crippen LogP contribution is 2.18. The SMILES string of the molecule is CC(OC(=O)c1ccc(N2CCOCC2)cc1)OC(=O)N1CC[C@H](NC(=O)OC(C)(C)C)C1. The van der Waals surface area contributed by atoms with Crippen LogP contribution in [0.5, 0.6) is 0 Å². The van der Waals surface area contributed by atoms with Crippen molar-refractivity contribution >= 4 is 23.8 Å².